The van der Waals surface area contributed by atoms with Gasteiger partial charge in [-0.15, -0.1) is 0 Å². The molecule has 5 aromatic rings. The molecular formula is C24H22N4O3S. The van der Waals surface area contributed by atoms with E-state index in [9.17, 15) is 8.42 Å². The minimum atomic E-state index is -3.66. The lowest BCUT2D eigenvalue weighted by Crippen LogP contribution is -2.25. The van der Waals surface area contributed by atoms with Crippen molar-refractivity contribution < 1.29 is 13.5 Å². The standard InChI is InChI=1S/C24H22N4O3S/c29-13-3-10-27-32(30,31)17-5-1-4-16(14-17)23-15-21-19(8-12-26-24(21)28-23)18-6-2-7-22-20(18)9-11-25-22/h1-2,4-9,11-12,14-15,25,27,29H,3,10,13H2,(H,26,28). The number of aliphatic hydroxyl groups is 1. The Balaban J connectivity index is 1.57. The Morgan fingerprint density at radius 1 is 0.969 bits per heavy atom. The summed E-state index contributed by atoms with van der Waals surface area (Å²) in [6.07, 6.45) is 4.06. The molecule has 0 radical (unpaired) electrons. The maximum atomic E-state index is 12.6. The third-order valence-electron chi connectivity index (χ3n) is 5.50. The van der Waals surface area contributed by atoms with Crippen LogP contribution < -0.4 is 4.72 Å². The Labute approximate surface area is 185 Å². The van der Waals surface area contributed by atoms with Gasteiger partial charge in [-0.05, 0) is 59.5 Å². The second-order valence-corrected chi connectivity index (χ2v) is 9.32. The molecule has 0 amide bonds. The molecular weight excluding hydrogens is 424 g/mol. The van der Waals surface area contributed by atoms with Crippen LogP contribution in [-0.4, -0.2) is 41.6 Å². The Morgan fingerprint density at radius 3 is 2.69 bits per heavy atom. The van der Waals surface area contributed by atoms with E-state index in [-0.39, 0.29) is 18.0 Å². The zero-order valence-electron chi connectivity index (χ0n) is 17.2. The van der Waals surface area contributed by atoms with Crippen molar-refractivity contribution >= 4 is 32.0 Å². The summed E-state index contributed by atoms with van der Waals surface area (Å²) in [5, 5.41) is 11.0. The van der Waals surface area contributed by atoms with Gasteiger partial charge in [0.1, 0.15) is 5.65 Å². The lowest BCUT2D eigenvalue weighted by molar-refractivity contribution is 0.289. The molecule has 0 saturated carbocycles. The summed E-state index contributed by atoms with van der Waals surface area (Å²) in [6, 6.07) is 19.0. The molecule has 0 atom stereocenters. The summed E-state index contributed by atoms with van der Waals surface area (Å²) in [6.45, 7) is 0.122. The van der Waals surface area contributed by atoms with Crippen LogP contribution in [0.25, 0.3) is 44.3 Å². The number of nitrogens with zero attached hydrogens (tertiary/aromatic N) is 1. The molecule has 0 unspecified atom stereocenters. The van der Waals surface area contributed by atoms with E-state index >= 15 is 0 Å². The highest BCUT2D eigenvalue weighted by atomic mass is 32.2. The molecule has 3 aromatic heterocycles. The van der Waals surface area contributed by atoms with E-state index in [1.165, 1.54) is 0 Å². The minimum Gasteiger partial charge on any atom is -0.396 e. The first-order valence-corrected chi connectivity index (χ1v) is 11.8. The van der Waals surface area contributed by atoms with E-state index in [1.807, 2.05) is 36.5 Å². The van der Waals surface area contributed by atoms with Gasteiger partial charge in [-0.2, -0.15) is 0 Å². The summed E-state index contributed by atoms with van der Waals surface area (Å²) >= 11 is 0. The predicted molar refractivity (Wildman–Crippen MR) is 126 cm³/mol. The van der Waals surface area contributed by atoms with E-state index in [1.54, 1.807) is 24.4 Å². The van der Waals surface area contributed by atoms with E-state index in [0.29, 0.717) is 6.42 Å². The lowest BCUT2D eigenvalue weighted by atomic mass is 10.00. The summed E-state index contributed by atoms with van der Waals surface area (Å²) in [7, 11) is -3.66. The van der Waals surface area contributed by atoms with Gasteiger partial charge in [0, 0.05) is 47.5 Å². The van der Waals surface area contributed by atoms with Crippen molar-refractivity contribution in [3.05, 3.63) is 73.1 Å². The normalized spacial score (nSPS) is 12.0. The highest BCUT2D eigenvalue weighted by molar-refractivity contribution is 7.89. The van der Waals surface area contributed by atoms with Crippen LogP contribution in [0.1, 0.15) is 6.42 Å². The molecule has 0 saturated heterocycles. The molecule has 4 N–H and O–H groups in total. The first-order chi connectivity index (χ1) is 15.6. The Hall–Kier alpha value is -3.46. The van der Waals surface area contributed by atoms with Crippen molar-refractivity contribution in [1.29, 1.82) is 0 Å². The zero-order valence-corrected chi connectivity index (χ0v) is 18.0. The fourth-order valence-electron chi connectivity index (χ4n) is 3.94. The van der Waals surface area contributed by atoms with Crippen molar-refractivity contribution in [3.8, 4) is 22.4 Å². The molecule has 5 rings (SSSR count). The summed E-state index contributed by atoms with van der Waals surface area (Å²) in [5.41, 5.74) is 5.49. The van der Waals surface area contributed by atoms with Crippen molar-refractivity contribution in [2.45, 2.75) is 11.3 Å². The van der Waals surface area contributed by atoms with Gasteiger partial charge >= 0.3 is 0 Å². The van der Waals surface area contributed by atoms with E-state index in [2.05, 4.69) is 31.8 Å². The smallest absolute Gasteiger partial charge is 0.240 e. The van der Waals surface area contributed by atoms with Gasteiger partial charge in [-0.25, -0.2) is 18.1 Å². The number of H-pyrrole nitrogens is 2. The Bertz CT molecular complexity index is 1520. The van der Waals surface area contributed by atoms with Crippen molar-refractivity contribution in [2.24, 2.45) is 0 Å². The highest BCUT2D eigenvalue weighted by Gasteiger charge is 2.16. The number of hydrogen-bond acceptors (Lipinski definition) is 4. The molecule has 2 aromatic carbocycles. The lowest BCUT2D eigenvalue weighted by Gasteiger charge is -2.07. The molecule has 3 heterocycles. The monoisotopic (exact) mass is 446 g/mol. The second kappa shape index (κ2) is 8.23. The van der Waals surface area contributed by atoms with Crippen LogP contribution in [0.15, 0.2) is 78.0 Å². The largest absolute Gasteiger partial charge is 0.396 e. The number of sulfonamides is 1. The maximum Gasteiger partial charge on any atom is 0.240 e. The molecule has 162 valence electrons. The van der Waals surface area contributed by atoms with Crippen LogP contribution in [-0.2, 0) is 10.0 Å². The number of fused-ring (bicyclic) bond motifs is 2. The molecule has 8 heteroatoms. The number of nitrogens with one attached hydrogen (secondary N) is 3. The number of aliphatic hydroxyl groups excluding tert-OH is 1. The minimum absolute atomic E-state index is 0.0660. The van der Waals surface area contributed by atoms with Crippen molar-refractivity contribution in [2.75, 3.05) is 13.2 Å². The van der Waals surface area contributed by atoms with Crippen LogP contribution in [0.4, 0.5) is 0 Å². The van der Waals surface area contributed by atoms with Gasteiger partial charge in [0.2, 0.25) is 10.0 Å². The number of rotatable bonds is 7. The summed E-state index contributed by atoms with van der Waals surface area (Å²) in [4.78, 5) is 11.2. The van der Waals surface area contributed by atoms with Crippen LogP contribution in [0, 0.1) is 0 Å². The molecule has 0 bridgehead atoms. The number of hydrogen-bond donors (Lipinski definition) is 4. The Morgan fingerprint density at radius 2 is 1.81 bits per heavy atom. The van der Waals surface area contributed by atoms with Gasteiger partial charge < -0.3 is 15.1 Å². The average Bonchev–Trinajstić information content (AvgIpc) is 3.46. The highest BCUT2D eigenvalue weighted by Crippen LogP contribution is 2.35. The molecule has 0 aliphatic rings. The van der Waals surface area contributed by atoms with E-state index < -0.39 is 10.0 Å². The first-order valence-electron chi connectivity index (χ1n) is 10.3. The Kier molecular flexibility index (Phi) is 5.26. The molecule has 7 nitrogen and oxygen atoms in total. The third kappa shape index (κ3) is 3.69. The van der Waals surface area contributed by atoms with E-state index in [4.69, 9.17) is 5.11 Å². The van der Waals surface area contributed by atoms with Crippen LogP contribution in [0.3, 0.4) is 0 Å². The maximum absolute atomic E-state index is 12.6. The van der Waals surface area contributed by atoms with Crippen LogP contribution in [0.2, 0.25) is 0 Å². The summed E-state index contributed by atoms with van der Waals surface area (Å²) < 4.78 is 27.7. The molecule has 0 aliphatic carbocycles. The number of aromatic nitrogens is 3. The van der Waals surface area contributed by atoms with Crippen molar-refractivity contribution in [1.82, 2.24) is 19.7 Å². The van der Waals surface area contributed by atoms with Crippen LogP contribution in [0.5, 0.6) is 0 Å². The predicted octanol–water partition coefficient (Wildman–Crippen LogP) is 4.04. The van der Waals surface area contributed by atoms with Crippen molar-refractivity contribution in [3.63, 3.8) is 0 Å². The zero-order chi connectivity index (χ0) is 22.1. The van der Waals surface area contributed by atoms with Crippen LogP contribution >= 0.6 is 0 Å². The first kappa shape index (κ1) is 20.4. The molecule has 0 fully saturated rings. The average molecular weight is 447 g/mol. The molecule has 32 heavy (non-hydrogen) atoms. The van der Waals surface area contributed by atoms with Gasteiger partial charge in [-0.1, -0.05) is 24.3 Å². The quantitative estimate of drug-likeness (QED) is 0.283. The fourth-order valence-corrected chi connectivity index (χ4v) is 5.06. The number of aromatic amines is 2. The third-order valence-corrected chi connectivity index (χ3v) is 6.96. The molecule has 0 aliphatic heterocycles. The van der Waals surface area contributed by atoms with E-state index in [0.717, 1.165) is 44.3 Å². The number of benzene rings is 2. The molecule has 0 spiro atoms. The topological polar surface area (TPSA) is 111 Å². The number of pyridine rings is 1. The fraction of sp³-hybridized carbons (Fsp3) is 0.125. The SMILES string of the molecule is O=S(=O)(NCCCO)c1cccc(-c2cc3c(-c4cccc5[nH]ccc45)ccnc3[nH]2)c1. The second-order valence-electron chi connectivity index (χ2n) is 7.55. The van der Waals surface area contributed by atoms with Gasteiger partial charge in [-0.3, -0.25) is 0 Å². The van der Waals surface area contributed by atoms with Gasteiger partial charge in [0.05, 0.1) is 4.90 Å². The van der Waals surface area contributed by atoms with Gasteiger partial charge in [0.25, 0.3) is 0 Å². The van der Waals surface area contributed by atoms with Gasteiger partial charge in [0.15, 0.2) is 0 Å². The summed E-state index contributed by atoms with van der Waals surface area (Å²) in [5.74, 6) is 0.